The van der Waals surface area contributed by atoms with Gasteiger partial charge in [-0.2, -0.15) is 0 Å². The summed E-state index contributed by atoms with van der Waals surface area (Å²) in [5.74, 6) is 0.327. The highest BCUT2D eigenvalue weighted by molar-refractivity contribution is 7.89. The number of halogens is 1. The first-order chi connectivity index (χ1) is 8.45. The van der Waals surface area contributed by atoms with Crippen LogP contribution in [0.4, 0.5) is 0 Å². The van der Waals surface area contributed by atoms with Gasteiger partial charge in [-0.25, -0.2) is 12.7 Å². The van der Waals surface area contributed by atoms with Crippen LogP contribution in [0.25, 0.3) is 0 Å². The molecule has 0 unspecified atom stereocenters. The standard InChI is InChI=1S/C13H20ClNO2S/c1-4-5-9-15(3)18(16,17)13-8-6-7-12(10-14)11(13)2/h6-8H,4-5,9-10H2,1-3H3. The van der Waals surface area contributed by atoms with Crippen LogP contribution in [0.5, 0.6) is 0 Å². The second kappa shape index (κ2) is 6.55. The molecule has 0 N–H and O–H groups in total. The third-order valence-corrected chi connectivity index (χ3v) is 5.34. The summed E-state index contributed by atoms with van der Waals surface area (Å²) >= 11 is 5.81. The second-order valence-corrected chi connectivity index (χ2v) is 6.63. The lowest BCUT2D eigenvalue weighted by atomic mass is 10.1. The zero-order valence-electron chi connectivity index (χ0n) is 11.1. The fourth-order valence-corrected chi connectivity index (χ4v) is 3.52. The largest absolute Gasteiger partial charge is 0.243 e. The van der Waals surface area contributed by atoms with E-state index < -0.39 is 10.0 Å². The Bertz CT molecular complexity index is 500. The Balaban J connectivity index is 3.12. The summed E-state index contributed by atoms with van der Waals surface area (Å²) in [7, 11) is -1.78. The van der Waals surface area contributed by atoms with Gasteiger partial charge in [0.15, 0.2) is 0 Å². The van der Waals surface area contributed by atoms with E-state index in [1.165, 1.54) is 4.31 Å². The lowest BCUT2D eigenvalue weighted by Gasteiger charge is -2.19. The van der Waals surface area contributed by atoms with Crippen molar-refractivity contribution in [2.45, 2.75) is 37.5 Å². The maximum absolute atomic E-state index is 12.4. The lowest BCUT2D eigenvalue weighted by molar-refractivity contribution is 0.459. The van der Waals surface area contributed by atoms with Crippen LogP contribution in [0.2, 0.25) is 0 Å². The molecular formula is C13H20ClNO2S. The van der Waals surface area contributed by atoms with Gasteiger partial charge in [-0.15, -0.1) is 11.6 Å². The van der Waals surface area contributed by atoms with Gasteiger partial charge >= 0.3 is 0 Å². The number of hydrogen-bond donors (Lipinski definition) is 0. The van der Waals surface area contributed by atoms with Crippen molar-refractivity contribution in [2.24, 2.45) is 0 Å². The Morgan fingerprint density at radius 2 is 2.00 bits per heavy atom. The van der Waals surface area contributed by atoms with E-state index in [0.717, 1.165) is 24.0 Å². The number of hydrogen-bond acceptors (Lipinski definition) is 2. The van der Waals surface area contributed by atoms with Crippen molar-refractivity contribution in [3.05, 3.63) is 29.3 Å². The number of benzene rings is 1. The van der Waals surface area contributed by atoms with Gasteiger partial charge in [-0.05, 0) is 30.5 Å². The van der Waals surface area contributed by atoms with Crippen LogP contribution in [0, 0.1) is 6.92 Å². The zero-order chi connectivity index (χ0) is 13.8. The Kier molecular flexibility index (Phi) is 5.63. The van der Waals surface area contributed by atoms with Crippen LogP contribution in [-0.2, 0) is 15.9 Å². The minimum atomic E-state index is -3.40. The first-order valence-corrected chi connectivity index (χ1v) is 8.03. The van der Waals surface area contributed by atoms with E-state index in [-0.39, 0.29) is 0 Å². The first-order valence-electron chi connectivity index (χ1n) is 6.06. The van der Waals surface area contributed by atoms with Gasteiger partial charge < -0.3 is 0 Å². The van der Waals surface area contributed by atoms with Crippen molar-refractivity contribution in [3.63, 3.8) is 0 Å². The normalized spacial score (nSPS) is 12.1. The van der Waals surface area contributed by atoms with Gasteiger partial charge in [0.1, 0.15) is 0 Å². The Morgan fingerprint density at radius 1 is 1.33 bits per heavy atom. The molecule has 0 radical (unpaired) electrons. The smallest absolute Gasteiger partial charge is 0.207 e. The van der Waals surface area contributed by atoms with E-state index in [9.17, 15) is 8.42 Å². The molecule has 1 aromatic rings. The van der Waals surface area contributed by atoms with E-state index in [2.05, 4.69) is 0 Å². The van der Waals surface area contributed by atoms with Gasteiger partial charge in [0.25, 0.3) is 0 Å². The molecule has 0 heterocycles. The average Bonchev–Trinajstić information content (AvgIpc) is 2.35. The van der Waals surface area contributed by atoms with E-state index in [1.807, 2.05) is 13.0 Å². The van der Waals surface area contributed by atoms with Crippen LogP contribution in [-0.4, -0.2) is 26.3 Å². The predicted octanol–water partition coefficient (Wildman–Crippen LogP) is 3.15. The summed E-state index contributed by atoms with van der Waals surface area (Å²) in [5, 5.41) is 0. The number of alkyl halides is 1. The molecule has 0 atom stereocenters. The number of rotatable bonds is 6. The molecule has 18 heavy (non-hydrogen) atoms. The third kappa shape index (κ3) is 3.25. The molecule has 5 heteroatoms. The molecule has 0 aliphatic rings. The van der Waals surface area contributed by atoms with Crippen molar-refractivity contribution in [3.8, 4) is 0 Å². The molecule has 0 spiro atoms. The minimum Gasteiger partial charge on any atom is -0.207 e. The molecule has 1 rings (SSSR count). The number of unbranched alkanes of at least 4 members (excludes halogenated alkanes) is 1. The highest BCUT2D eigenvalue weighted by Crippen LogP contribution is 2.23. The molecule has 1 aromatic carbocycles. The quantitative estimate of drug-likeness (QED) is 0.755. The molecule has 0 aromatic heterocycles. The summed E-state index contributed by atoms with van der Waals surface area (Å²) in [5.41, 5.74) is 1.61. The SMILES string of the molecule is CCCCN(C)S(=O)(=O)c1cccc(CCl)c1C. The molecule has 0 aliphatic carbocycles. The second-order valence-electron chi connectivity index (χ2n) is 4.35. The molecule has 0 amide bonds. The van der Waals surface area contributed by atoms with Crippen molar-refractivity contribution in [2.75, 3.05) is 13.6 Å². The van der Waals surface area contributed by atoms with Crippen molar-refractivity contribution < 1.29 is 8.42 Å². The topological polar surface area (TPSA) is 37.4 Å². The van der Waals surface area contributed by atoms with Crippen LogP contribution in [0.1, 0.15) is 30.9 Å². The molecule has 102 valence electrons. The van der Waals surface area contributed by atoms with Crippen molar-refractivity contribution in [1.82, 2.24) is 4.31 Å². The summed E-state index contributed by atoms with van der Waals surface area (Å²) < 4.78 is 26.2. The monoisotopic (exact) mass is 289 g/mol. The van der Waals surface area contributed by atoms with Crippen LogP contribution in [0.3, 0.4) is 0 Å². The fourth-order valence-electron chi connectivity index (χ4n) is 1.75. The molecule has 0 fully saturated rings. The van der Waals surface area contributed by atoms with E-state index >= 15 is 0 Å². The highest BCUT2D eigenvalue weighted by Gasteiger charge is 2.22. The summed E-state index contributed by atoms with van der Waals surface area (Å²) in [4.78, 5) is 0.360. The Labute approximate surface area is 115 Å². The van der Waals surface area contributed by atoms with Crippen LogP contribution < -0.4 is 0 Å². The van der Waals surface area contributed by atoms with Crippen LogP contribution in [0.15, 0.2) is 23.1 Å². The van der Waals surface area contributed by atoms with E-state index in [4.69, 9.17) is 11.6 Å². The molecule has 0 saturated carbocycles. The Morgan fingerprint density at radius 3 is 2.56 bits per heavy atom. The average molecular weight is 290 g/mol. The molecule has 3 nitrogen and oxygen atoms in total. The minimum absolute atomic E-state index is 0.327. The highest BCUT2D eigenvalue weighted by atomic mass is 35.5. The van der Waals surface area contributed by atoms with Gasteiger partial charge in [-0.1, -0.05) is 25.5 Å². The number of sulfonamides is 1. The molecule has 0 saturated heterocycles. The summed E-state index contributed by atoms with van der Waals surface area (Å²) in [6, 6.07) is 5.24. The van der Waals surface area contributed by atoms with Crippen molar-refractivity contribution >= 4 is 21.6 Å². The number of nitrogens with zero attached hydrogens (tertiary/aromatic N) is 1. The third-order valence-electron chi connectivity index (χ3n) is 3.06. The van der Waals surface area contributed by atoms with E-state index in [0.29, 0.717) is 17.3 Å². The zero-order valence-corrected chi connectivity index (χ0v) is 12.7. The maximum Gasteiger partial charge on any atom is 0.243 e. The van der Waals surface area contributed by atoms with Gasteiger partial charge in [0, 0.05) is 19.5 Å². The molecule has 0 aliphatic heterocycles. The van der Waals surface area contributed by atoms with Crippen molar-refractivity contribution in [1.29, 1.82) is 0 Å². The molecule has 0 bridgehead atoms. The van der Waals surface area contributed by atoms with Gasteiger partial charge in [-0.3, -0.25) is 0 Å². The lowest BCUT2D eigenvalue weighted by Crippen LogP contribution is -2.28. The summed E-state index contributed by atoms with van der Waals surface area (Å²) in [6.07, 6.45) is 1.84. The Hall–Kier alpha value is -0.580. The van der Waals surface area contributed by atoms with Gasteiger partial charge in [0.2, 0.25) is 10.0 Å². The first kappa shape index (κ1) is 15.5. The fraction of sp³-hybridized carbons (Fsp3) is 0.538. The maximum atomic E-state index is 12.4. The summed E-state index contributed by atoms with van der Waals surface area (Å²) in [6.45, 7) is 4.39. The van der Waals surface area contributed by atoms with E-state index in [1.54, 1.807) is 26.1 Å². The van der Waals surface area contributed by atoms with Gasteiger partial charge in [0.05, 0.1) is 4.90 Å². The van der Waals surface area contributed by atoms with Crippen LogP contribution >= 0.6 is 11.6 Å². The molecular weight excluding hydrogens is 270 g/mol. The predicted molar refractivity (Wildman–Crippen MR) is 75.5 cm³/mol.